The molecule has 3 N–H and O–H groups in total. The predicted molar refractivity (Wildman–Crippen MR) is 105 cm³/mol. The second-order valence-electron chi connectivity index (χ2n) is 8.52. The Balaban J connectivity index is 2.25. The second-order valence-corrected chi connectivity index (χ2v) is 8.52. The molecule has 1 saturated heterocycles. The van der Waals surface area contributed by atoms with E-state index >= 15 is 0 Å². The highest BCUT2D eigenvalue weighted by atomic mass is 16.3. The Morgan fingerprint density at radius 3 is 2.55 bits per heavy atom. The lowest BCUT2D eigenvalue weighted by Gasteiger charge is -2.34. The van der Waals surface area contributed by atoms with Gasteiger partial charge < -0.3 is 25.5 Å². The zero-order valence-corrected chi connectivity index (χ0v) is 17.8. The van der Waals surface area contributed by atoms with E-state index in [4.69, 9.17) is 0 Å². The Bertz CT molecular complexity index is 756. The molecule has 1 aromatic heterocycles. The standard InChI is InChI=1S/C18H31N7O4/c1-18(2,3)14(16(28)24-10-12(26)7-13(24)15(27)19-4)25-9-11(21-22-25)8-20-17(29)23(5)6/h9,12-14,26H,7-8,10H2,1-6H3,(H,19,27)(H,20,29)/t12?,13?,14-/m1/s1. The minimum Gasteiger partial charge on any atom is -0.391 e. The van der Waals surface area contributed by atoms with Crippen molar-refractivity contribution in [1.82, 2.24) is 35.4 Å². The number of amides is 4. The summed E-state index contributed by atoms with van der Waals surface area (Å²) >= 11 is 0. The lowest BCUT2D eigenvalue weighted by atomic mass is 9.85. The SMILES string of the molecule is CNC(=O)C1CC(O)CN1C(=O)[C@@H](n1cc(CNC(=O)N(C)C)nn1)C(C)(C)C. The lowest BCUT2D eigenvalue weighted by molar-refractivity contribution is -0.144. The third-order valence-corrected chi connectivity index (χ3v) is 4.81. The first-order valence-electron chi connectivity index (χ1n) is 9.51. The van der Waals surface area contributed by atoms with Gasteiger partial charge in [0.25, 0.3) is 0 Å². The number of carbonyl (C=O) groups is 3. The zero-order valence-electron chi connectivity index (χ0n) is 17.8. The van der Waals surface area contributed by atoms with Gasteiger partial charge in [-0.2, -0.15) is 0 Å². The fraction of sp³-hybridized carbons (Fsp3) is 0.722. The number of likely N-dealkylation sites (N-methyl/N-ethyl adjacent to an activating group) is 1. The molecule has 0 aliphatic carbocycles. The van der Waals surface area contributed by atoms with Gasteiger partial charge in [0, 0.05) is 34.1 Å². The smallest absolute Gasteiger partial charge is 0.317 e. The number of aliphatic hydroxyl groups is 1. The molecule has 29 heavy (non-hydrogen) atoms. The van der Waals surface area contributed by atoms with Gasteiger partial charge in [-0.05, 0) is 5.41 Å². The molecule has 11 nitrogen and oxygen atoms in total. The largest absolute Gasteiger partial charge is 0.391 e. The minimum absolute atomic E-state index is 0.0872. The average Bonchev–Trinajstić information content (AvgIpc) is 3.24. The quantitative estimate of drug-likeness (QED) is 0.592. The third-order valence-electron chi connectivity index (χ3n) is 4.81. The molecule has 1 aromatic rings. The maximum atomic E-state index is 13.4. The van der Waals surface area contributed by atoms with Gasteiger partial charge in [0.2, 0.25) is 11.8 Å². The predicted octanol–water partition coefficient (Wildman–Crippen LogP) is -0.656. The van der Waals surface area contributed by atoms with Crippen LogP contribution in [0.2, 0.25) is 0 Å². The highest BCUT2D eigenvalue weighted by Crippen LogP contribution is 2.34. The van der Waals surface area contributed by atoms with Crippen molar-refractivity contribution in [2.24, 2.45) is 5.41 Å². The van der Waals surface area contributed by atoms with E-state index < -0.39 is 23.6 Å². The summed E-state index contributed by atoms with van der Waals surface area (Å²) in [6.07, 6.45) is 1.06. The Kier molecular flexibility index (Phi) is 6.83. The number of nitrogens with one attached hydrogen (secondary N) is 2. The molecular formula is C18H31N7O4. The highest BCUT2D eigenvalue weighted by molar-refractivity contribution is 5.90. The van der Waals surface area contributed by atoms with Gasteiger partial charge in [-0.25, -0.2) is 9.48 Å². The Morgan fingerprint density at radius 1 is 1.34 bits per heavy atom. The van der Waals surface area contributed by atoms with Crippen LogP contribution >= 0.6 is 0 Å². The van der Waals surface area contributed by atoms with Crippen molar-refractivity contribution < 1.29 is 19.5 Å². The van der Waals surface area contributed by atoms with Crippen LogP contribution in [0.15, 0.2) is 6.20 Å². The fourth-order valence-electron chi connectivity index (χ4n) is 3.35. The van der Waals surface area contributed by atoms with E-state index in [1.807, 2.05) is 20.8 Å². The molecule has 0 radical (unpaired) electrons. The van der Waals surface area contributed by atoms with Crippen LogP contribution < -0.4 is 10.6 Å². The van der Waals surface area contributed by atoms with E-state index in [0.717, 1.165) is 0 Å². The van der Waals surface area contributed by atoms with Crippen LogP contribution in [0.4, 0.5) is 4.79 Å². The number of nitrogens with zero attached hydrogens (tertiary/aromatic N) is 5. The highest BCUT2D eigenvalue weighted by Gasteiger charge is 2.44. The molecule has 0 saturated carbocycles. The van der Waals surface area contributed by atoms with E-state index in [2.05, 4.69) is 20.9 Å². The summed E-state index contributed by atoms with van der Waals surface area (Å²) in [7, 11) is 4.77. The molecule has 3 atom stereocenters. The molecule has 2 heterocycles. The Labute approximate surface area is 170 Å². The third kappa shape index (κ3) is 5.22. The van der Waals surface area contributed by atoms with Crippen LogP contribution in [0.5, 0.6) is 0 Å². The number of urea groups is 1. The van der Waals surface area contributed by atoms with Gasteiger partial charge in [-0.1, -0.05) is 26.0 Å². The van der Waals surface area contributed by atoms with E-state index in [1.54, 1.807) is 20.3 Å². The summed E-state index contributed by atoms with van der Waals surface area (Å²) < 4.78 is 1.46. The molecule has 0 bridgehead atoms. The van der Waals surface area contributed by atoms with Gasteiger partial charge >= 0.3 is 6.03 Å². The van der Waals surface area contributed by atoms with Gasteiger partial charge in [-0.3, -0.25) is 9.59 Å². The van der Waals surface area contributed by atoms with E-state index in [-0.39, 0.29) is 37.4 Å². The molecule has 11 heteroatoms. The average molecular weight is 409 g/mol. The van der Waals surface area contributed by atoms with E-state index in [0.29, 0.717) is 5.69 Å². The fourth-order valence-corrected chi connectivity index (χ4v) is 3.35. The molecule has 0 spiro atoms. The molecule has 2 rings (SSSR count). The first-order valence-corrected chi connectivity index (χ1v) is 9.51. The number of β-amino-alcohol motifs (C(OH)–C–C–N with tert-alkyl or cyclic N) is 1. The van der Waals surface area contributed by atoms with Gasteiger partial charge in [-0.15, -0.1) is 5.10 Å². The maximum absolute atomic E-state index is 13.4. The summed E-state index contributed by atoms with van der Waals surface area (Å²) in [5.74, 6) is -0.621. The molecule has 2 unspecified atom stereocenters. The zero-order chi connectivity index (χ0) is 21.9. The number of hydrogen-bond donors (Lipinski definition) is 3. The number of rotatable bonds is 5. The maximum Gasteiger partial charge on any atom is 0.317 e. The Hall–Kier alpha value is -2.69. The molecule has 0 aromatic carbocycles. The monoisotopic (exact) mass is 409 g/mol. The van der Waals surface area contributed by atoms with Crippen LogP contribution in [-0.4, -0.2) is 87.6 Å². The molecular weight excluding hydrogens is 378 g/mol. The van der Waals surface area contributed by atoms with Gasteiger partial charge in [0.05, 0.1) is 18.8 Å². The number of likely N-dealkylation sites (tertiary alicyclic amines) is 1. The topological polar surface area (TPSA) is 133 Å². The Morgan fingerprint density at radius 2 is 2.00 bits per heavy atom. The molecule has 162 valence electrons. The van der Waals surface area contributed by atoms with Crippen molar-refractivity contribution in [3.8, 4) is 0 Å². The number of hydrogen-bond acceptors (Lipinski definition) is 6. The minimum atomic E-state index is -0.755. The van der Waals surface area contributed by atoms with Crippen molar-refractivity contribution in [3.63, 3.8) is 0 Å². The summed E-state index contributed by atoms with van der Waals surface area (Å²) in [6.45, 7) is 5.94. The second kappa shape index (κ2) is 8.76. The first-order chi connectivity index (χ1) is 13.5. The van der Waals surface area contributed by atoms with Gasteiger partial charge in [0.1, 0.15) is 17.8 Å². The molecule has 4 amide bonds. The number of aromatic nitrogens is 3. The van der Waals surface area contributed by atoms with Crippen molar-refractivity contribution in [2.45, 2.75) is 51.9 Å². The lowest BCUT2D eigenvalue weighted by Crippen LogP contribution is -2.49. The molecule has 1 fully saturated rings. The van der Waals surface area contributed by atoms with Crippen LogP contribution in [0.3, 0.4) is 0 Å². The van der Waals surface area contributed by atoms with Crippen molar-refractivity contribution in [1.29, 1.82) is 0 Å². The van der Waals surface area contributed by atoms with Crippen molar-refractivity contribution in [3.05, 3.63) is 11.9 Å². The summed E-state index contributed by atoms with van der Waals surface area (Å²) in [6, 6.07) is -1.72. The van der Waals surface area contributed by atoms with Crippen LogP contribution in [0.25, 0.3) is 0 Å². The van der Waals surface area contributed by atoms with Crippen molar-refractivity contribution in [2.75, 3.05) is 27.7 Å². The van der Waals surface area contributed by atoms with E-state index in [1.165, 1.54) is 21.5 Å². The van der Waals surface area contributed by atoms with Crippen LogP contribution in [0.1, 0.15) is 38.9 Å². The van der Waals surface area contributed by atoms with Crippen LogP contribution in [-0.2, 0) is 16.1 Å². The molecule has 1 aliphatic heterocycles. The van der Waals surface area contributed by atoms with E-state index in [9.17, 15) is 19.5 Å². The summed E-state index contributed by atoms with van der Waals surface area (Å²) in [4.78, 5) is 40.1. The van der Waals surface area contributed by atoms with Crippen molar-refractivity contribution >= 4 is 17.8 Å². The first kappa shape index (κ1) is 22.6. The van der Waals surface area contributed by atoms with Crippen LogP contribution in [0, 0.1) is 5.41 Å². The number of aliphatic hydroxyl groups excluding tert-OH is 1. The normalized spacial score (nSPS) is 20.3. The number of carbonyl (C=O) groups excluding carboxylic acids is 3. The van der Waals surface area contributed by atoms with Gasteiger partial charge in [0.15, 0.2) is 0 Å². The molecule has 1 aliphatic rings. The summed E-state index contributed by atoms with van der Waals surface area (Å²) in [5, 5.41) is 23.4. The summed E-state index contributed by atoms with van der Waals surface area (Å²) in [5.41, 5.74) is -0.0260.